The van der Waals surface area contributed by atoms with Gasteiger partial charge < -0.3 is 15.5 Å². The molecular weight excluding hydrogens is 366 g/mol. The van der Waals surface area contributed by atoms with Crippen LogP contribution in [0.5, 0.6) is 0 Å². The third-order valence-electron chi connectivity index (χ3n) is 3.89. The number of hydrogen-bond acceptors (Lipinski definition) is 3. The molecule has 138 valence electrons. The van der Waals surface area contributed by atoms with Crippen LogP contribution in [0.2, 0.25) is 0 Å². The van der Waals surface area contributed by atoms with Gasteiger partial charge in [0.2, 0.25) is 5.91 Å². The van der Waals surface area contributed by atoms with Gasteiger partial charge in [0.1, 0.15) is 0 Å². The van der Waals surface area contributed by atoms with Gasteiger partial charge in [0, 0.05) is 31.9 Å². The zero-order valence-corrected chi connectivity index (χ0v) is 14.9. The van der Waals surface area contributed by atoms with Crippen LogP contribution in [0.25, 0.3) is 0 Å². The van der Waals surface area contributed by atoms with Gasteiger partial charge in [-0.2, -0.15) is 13.2 Å². The summed E-state index contributed by atoms with van der Waals surface area (Å²) in [5, 5.41) is 0. The molecule has 0 unspecified atom stereocenters. The molecule has 0 aliphatic carbocycles. The van der Waals surface area contributed by atoms with Crippen molar-refractivity contribution in [3.05, 3.63) is 29.8 Å². The number of benzene rings is 1. The lowest BCUT2D eigenvalue weighted by molar-refractivity contribution is -0.137. The minimum atomic E-state index is -4.35. The Hall–Kier alpha value is -1.18. The van der Waals surface area contributed by atoms with Crippen molar-refractivity contribution in [1.82, 2.24) is 4.90 Å². The average molecular weight is 388 g/mol. The zero-order chi connectivity index (χ0) is 16.3. The van der Waals surface area contributed by atoms with Crippen LogP contribution >= 0.6 is 24.8 Å². The van der Waals surface area contributed by atoms with E-state index in [1.807, 2.05) is 11.8 Å². The molecule has 1 fully saturated rings. The molecule has 0 spiro atoms. The largest absolute Gasteiger partial charge is 0.416 e. The first-order valence-electron chi connectivity index (χ1n) is 7.29. The Balaban J connectivity index is 0.00000264. The molecule has 9 heteroatoms. The van der Waals surface area contributed by atoms with Crippen molar-refractivity contribution in [2.45, 2.75) is 25.6 Å². The number of nitrogens with two attached hydrogens (primary N) is 1. The van der Waals surface area contributed by atoms with E-state index in [0.29, 0.717) is 38.3 Å². The molecule has 1 aromatic carbocycles. The van der Waals surface area contributed by atoms with Crippen LogP contribution in [-0.4, -0.2) is 43.0 Å². The Bertz CT molecular complexity index is 535. The Labute approximate surface area is 152 Å². The minimum Gasteiger partial charge on any atom is -0.368 e. The van der Waals surface area contributed by atoms with E-state index in [4.69, 9.17) is 5.73 Å². The van der Waals surface area contributed by atoms with Crippen LogP contribution in [0.4, 0.5) is 18.9 Å². The molecule has 1 aliphatic rings. The summed E-state index contributed by atoms with van der Waals surface area (Å²) in [5.41, 5.74) is 5.60. The molecule has 0 saturated carbocycles. The molecule has 4 nitrogen and oxygen atoms in total. The maximum absolute atomic E-state index is 12.7. The van der Waals surface area contributed by atoms with Crippen molar-refractivity contribution in [3.8, 4) is 0 Å². The number of carbonyl (C=O) groups is 1. The van der Waals surface area contributed by atoms with Gasteiger partial charge in [-0.3, -0.25) is 4.79 Å². The van der Waals surface area contributed by atoms with Crippen LogP contribution in [0, 0.1) is 0 Å². The van der Waals surface area contributed by atoms with Crippen molar-refractivity contribution in [1.29, 1.82) is 0 Å². The number of nitrogens with zero attached hydrogens (tertiary/aromatic N) is 2. The second-order valence-corrected chi connectivity index (χ2v) is 5.38. The quantitative estimate of drug-likeness (QED) is 0.867. The highest BCUT2D eigenvalue weighted by atomic mass is 35.5. The second-order valence-electron chi connectivity index (χ2n) is 5.38. The lowest BCUT2D eigenvalue weighted by Gasteiger charge is -2.37. The molecule has 2 N–H and O–H groups in total. The highest BCUT2D eigenvalue weighted by Crippen LogP contribution is 2.31. The first-order valence-corrected chi connectivity index (χ1v) is 7.29. The number of hydrogen-bond donors (Lipinski definition) is 1. The zero-order valence-electron chi connectivity index (χ0n) is 13.3. The normalized spacial score (nSPS) is 16.0. The molecule has 0 radical (unpaired) electrons. The summed E-state index contributed by atoms with van der Waals surface area (Å²) >= 11 is 0. The van der Waals surface area contributed by atoms with E-state index in [1.54, 1.807) is 11.0 Å². The number of rotatable bonds is 3. The van der Waals surface area contributed by atoms with E-state index in [9.17, 15) is 18.0 Å². The fraction of sp³-hybridized carbons (Fsp3) is 0.533. The Kier molecular flexibility index (Phi) is 8.88. The number of amides is 1. The van der Waals surface area contributed by atoms with Gasteiger partial charge in [0.05, 0.1) is 11.6 Å². The minimum absolute atomic E-state index is 0. The summed E-state index contributed by atoms with van der Waals surface area (Å²) in [4.78, 5) is 15.5. The maximum Gasteiger partial charge on any atom is 0.416 e. The summed E-state index contributed by atoms with van der Waals surface area (Å²) in [6.45, 7) is 3.81. The molecule has 1 aromatic rings. The molecular formula is C15H22Cl2F3N3O. The van der Waals surface area contributed by atoms with Gasteiger partial charge in [0.15, 0.2) is 0 Å². The summed E-state index contributed by atoms with van der Waals surface area (Å²) in [6.07, 6.45) is -3.77. The number of carbonyl (C=O) groups excluding carboxylic acids is 1. The van der Waals surface area contributed by atoms with Crippen molar-refractivity contribution in [2.24, 2.45) is 5.73 Å². The first-order chi connectivity index (χ1) is 10.3. The van der Waals surface area contributed by atoms with Gasteiger partial charge in [-0.05, 0) is 24.6 Å². The Morgan fingerprint density at radius 1 is 1.21 bits per heavy atom. The topological polar surface area (TPSA) is 49.6 Å². The van der Waals surface area contributed by atoms with E-state index in [-0.39, 0.29) is 30.7 Å². The van der Waals surface area contributed by atoms with E-state index >= 15 is 0 Å². The van der Waals surface area contributed by atoms with Crippen LogP contribution < -0.4 is 10.6 Å². The van der Waals surface area contributed by atoms with E-state index in [1.165, 1.54) is 6.07 Å². The smallest absolute Gasteiger partial charge is 0.368 e. The van der Waals surface area contributed by atoms with Crippen LogP contribution in [-0.2, 0) is 11.0 Å². The van der Waals surface area contributed by atoms with Gasteiger partial charge >= 0.3 is 6.18 Å². The second kappa shape index (κ2) is 9.34. The number of alkyl halides is 3. The standard InChI is InChI=1S/C15H20F3N3O.2ClH/c1-2-13(19)14(22)21-8-6-20(7-9-21)12-5-3-4-11(10-12)15(16,17)18;;/h3-5,10,13H,2,6-9,19H2,1H3;2*1H/t13-;;/m0../s1. The molecule has 0 aromatic heterocycles. The molecule has 1 heterocycles. The molecule has 1 atom stereocenters. The molecule has 0 bridgehead atoms. The van der Waals surface area contributed by atoms with Crippen LogP contribution in [0.1, 0.15) is 18.9 Å². The monoisotopic (exact) mass is 387 g/mol. The van der Waals surface area contributed by atoms with Gasteiger partial charge in [-0.1, -0.05) is 13.0 Å². The highest BCUT2D eigenvalue weighted by Gasteiger charge is 2.31. The average Bonchev–Trinajstić information content (AvgIpc) is 2.53. The molecule has 1 aliphatic heterocycles. The summed E-state index contributed by atoms with van der Waals surface area (Å²) in [6, 6.07) is 4.77. The summed E-state index contributed by atoms with van der Waals surface area (Å²) < 4.78 is 38.2. The lowest BCUT2D eigenvalue weighted by atomic mass is 10.1. The van der Waals surface area contributed by atoms with Crippen LogP contribution in [0.15, 0.2) is 24.3 Å². The molecule has 24 heavy (non-hydrogen) atoms. The maximum atomic E-state index is 12.7. The molecule has 2 rings (SSSR count). The third-order valence-corrected chi connectivity index (χ3v) is 3.89. The Morgan fingerprint density at radius 3 is 2.29 bits per heavy atom. The predicted octanol–water partition coefficient (Wildman–Crippen LogP) is 2.93. The SMILES string of the molecule is CC[C@H](N)C(=O)N1CCN(c2cccc(C(F)(F)F)c2)CC1.Cl.Cl. The van der Waals surface area contributed by atoms with E-state index in [2.05, 4.69) is 0 Å². The van der Waals surface area contributed by atoms with Gasteiger partial charge in [-0.15, -0.1) is 24.8 Å². The van der Waals surface area contributed by atoms with Crippen molar-refractivity contribution in [2.75, 3.05) is 31.1 Å². The van der Waals surface area contributed by atoms with Gasteiger partial charge in [0.25, 0.3) is 0 Å². The van der Waals surface area contributed by atoms with Gasteiger partial charge in [-0.25, -0.2) is 0 Å². The molecule has 1 saturated heterocycles. The molecule has 1 amide bonds. The van der Waals surface area contributed by atoms with Crippen molar-refractivity contribution in [3.63, 3.8) is 0 Å². The Morgan fingerprint density at radius 2 is 1.79 bits per heavy atom. The van der Waals surface area contributed by atoms with E-state index in [0.717, 1.165) is 12.1 Å². The first kappa shape index (κ1) is 22.8. The fourth-order valence-electron chi connectivity index (χ4n) is 2.47. The highest BCUT2D eigenvalue weighted by molar-refractivity contribution is 5.85. The number of piperazine rings is 1. The van der Waals surface area contributed by atoms with E-state index < -0.39 is 17.8 Å². The number of halogens is 5. The summed E-state index contributed by atoms with van der Waals surface area (Å²) in [5.74, 6) is -0.0915. The van der Waals surface area contributed by atoms with Crippen molar-refractivity contribution < 1.29 is 18.0 Å². The van der Waals surface area contributed by atoms with Crippen LogP contribution in [0.3, 0.4) is 0 Å². The third kappa shape index (κ3) is 5.43. The number of anilines is 1. The lowest BCUT2D eigenvalue weighted by Crippen LogP contribution is -2.53. The van der Waals surface area contributed by atoms with Crippen molar-refractivity contribution >= 4 is 36.4 Å². The fourth-order valence-corrected chi connectivity index (χ4v) is 2.47. The predicted molar refractivity (Wildman–Crippen MR) is 93.0 cm³/mol. The summed E-state index contributed by atoms with van der Waals surface area (Å²) in [7, 11) is 0.